The van der Waals surface area contributed by atoms with E-state index in [0.29, 0.717) is 18.0 Å². The summed E-state index contributed by atoms with van der Waals surface area (Å²) in [6, 6.07) is 11.3. The summed E-state index contributed by atoms with van der Waals surface area (Å²) >= 11 is 0. The summed E-state index contributed by atoms with van der Waals surface area (Å²) in [5, 5.41) is 23.5. The Morgan fingerprint density at radius 1 is 1.30 bits per heavy atom. The summed E-state index contributed by atoms with van der Waals surface area (Å²) in [7, 11) is 1.45. The number of aromatic hydroxyl groups is 1. The van der Waals surface area contributed by atoms with E-state index >= 15 is 0 Å². The number of phenolic OH excluding ortho intramolecular Hbond substituents is 1. The van der Waals surface area contributed by atoms with Crippen LogP contribution in [0.5, 0.6) is 11.5 Å². The Morgan fingerprint density at radius 2 is 2.05 bits per heavy atom. The van der Waals surface area contributed by atoms with E-state index in [1.165, 1.54) is 19.2 Å². The number of phenols is 1. The van der Waals surface area contributed by atoms with E-state index in [2.05, 4.69) is 5.32 Å². The molecule has 0 saturated heterocycles. The average Bonchev–Trinajstić information content (AvgIpc) is 2.46. The molecule has 0 radical (unpaired) electrons. The second kappa shape index (κ2) is 5.92. The lowest BCUT2D eigenvalue weighted by molar-refractivity contribution is -0.384. The van der Waals surface area contributed by atoms with Gasteiger partial charge in [-0.15, -0.1) is 0 Å². The van der Waals surface area contributed by atoms with Gasteiger partial charge in [-0.2, -0.15) is 0 Å². The summed E-state index contributed by atoms with van der Waals surface area (Å²) in [5.41, 5.74) is 1.32. The van der Waals surface area contributed by atoms with Crippen LogP contribution in [-0.2, 0) is 6.54 Å². The second-order valence-corrected chi connectivity index (χ2v) is 4.12. The van der Waals surface area contributed by atoms with Crippen molar-refractivity contribution >= 4 is 11.4 Å². The molecule has 0 saturated carbocycles. The molecule has 0 bridgehead atoms. The van der Waals surface area contributed by atoms with Crippen molar-refractivity contribution in [2.75, 3.05) is 12.4 Å². The Bertz CT molecular complexity index is 628. The highest BCUT2D eigenvalue weighted by molar-refractivity contribution is 5.61. The number of nitrogens with zero attached hydrogens (tertiary/aromatic N) is 1. The van der Waals surface area contributed by atoms with Crippen molar-refractivity contribution in [3.63, 3.8) is 0 Å². The van der Waals surface area contributed by atoms with E-state index < -0.39 is 4.92 Å². The minimum absolute atomic E-state index is 0.0324. The van der Waals surface area contributed by atoms with Gasteiger partial charge in [-0.3, -0.25) is 10.1 Å². The molecule has 0 unspecified atom stereocenters. The number of anilines is 1. The van der Waals surface area contributed by atoms with Crippen molar-refractivity contribution in [3.8, 4) is 11.5 Å². The highest BCUT2D eigenvalue weighted by Crippen LogP contribution is 2.29. The molecule has 0 aliphatic carbocycles. The van der Waals surface area contributed by atoms with Crippen molar-refractivity contribution < 1.29 is 14.8 Å². The standard InChI is InChI=1S/C14H14N2O4/c1-20-14-8-11(16(18)19)6-7-12(14)15-9-10-4-2-3-5-13(10)17/h2-8,15,17H,9H2,1H3. The summed E-state index contributed by atoms with van der Waals surface area (Å²) < 4.78 is 5.13. The molecule has 2 aromatic rings. The Labute approximate surface area is 115 Å². The third kappa shape index (κ3) is 2.97. The molecule has 0 fully saturated rings. The zero-order chi connectivity index (χ0) is 14.5. The van der Waals surface area contributed by atoms with Crippen molar-refractivity contribution in [1.82, 2.24) is 0 Å². The van der Waals surface area contributed by atoms with Crippen LogP contribution in [0, 0.1) is 10.1 Å². The summed E-state index contributed by atoms with van der Waals surface area (Å²) in [6.07, 6.45) is 0. The molecular formula is C14H14N2O4. The van der Waals surface area contributed by atoms with Gasteiger partial charge in [-0.05, 0) is 12.1 Å². The lowest BCUT2D eigenvalue weighted by atomic mass is 10.2. The molecule has 2 rings (SSSR count). The molecule has 0 aliphatic heterocycles. The fourth-order valence-corrected chi connectivity index (χ4v) is 1.79. The van der Waals surface area contributed by atoms with Crippen LogP contribution in [0.3, 0.4) is 0 Å². The van der Waals surface area contributed by atoms with Gasteiger partial charge in [0, 0.05) is 18.2 Å². The molecule has 6 nitrogen and oxygen atoms in total. The largest absolute Gasteiger partial charge is 0.508 e. The Balaban J connectivity index is 2.17. The first kappa shape index (κ1) is 13.7. The monoisotopic (exact) mass is 274 g/mol. The molecule has 2 N–H and O–H groups in total. The number of para-hydroxylation sites is 1. The highest BCUT2D eigenvalue weighted by Gasteiger charge is 2.11. The Morgan fingerprint density at radius 3 is 2.70 bits per heavy atom. The van der Waals surface area contributed by atoms with Crippen LogP contribution in [-0.4, -0.2) is 17.1 Å². The van der Waals surface area contributed by atoms with Gasteiger partial charge in [-0.25, -0.2) is 0 Å². The maximum atomic E-state index is 10.7. The third-order valence-corrected chi connectivity index (χ3v) is 2.86. The number of hydrogen-bond donors (Lipinski definition) is 2. The third-order valence-electron chi connectivity index (χ3n) is 2.86. The van der Waals surface area contributed by atoms with Gasteiger partial charge in [0.15, 0.2) is 0 Å². The quantitative estimate of drug-likeness (QED) is 0.646. The first-order chi connectivity index (χ1) is 9.61. The second-order valence-electron chi connectivity index (χ2n) is 4.12. The van der Waals surface area contributed by atoms with E-state index in [1.807, 2.05) is 6.07 Å². The number of nitro benzene ring substituents is 1. The minimum atomic E-state index is -0.477. The lowest BCUT2D eigenvalue weighted by Gasteiger charge is -2.11. The van der Waals surface area contributed by atoms with E-state index in [0.717, 1.165) is 5.56 Å². The number of benzene rings is 2. The average molecular weight is 274 g/mol. The van der Waals surface area contributed by atoms with E-state index in [-0.39, 0.29) is 11.4 Å². The normalized spacial score (nSPS) is 10.1. The molecule has 104 valence electrons. The topological polar surface area (TPSA) is 84.6 Å². The number of nitro groups is 1. The van der Waals surface area contributed by atoms with Crippen LogP contribution in [0.15, 0.2) is 42.5 Å². The number of rotatable bonds is 5. The maximum Gasteiger partial charge on any atom is 0.273 e. The van der Waals surface area contributed by atoms with Gasteiger partial charge >= 0.3 is 0 Å². The fourth-order valence-electron chi connectivity index (χ4n) is 1.79. The SMILES string of the molecule is COc1cc([N+](=O)[O-])ccc1NCc1ccccc1O. The van der Waals surface area contributed by atoms with E-state index in [4.69, 9.17) is 4.74 Å². The Hall–Kier alpha value is -2.76. The van der Waals surface area contributed by atoms with Crippen molar-refractivity contribution in [2.24, 2.45) is 0 Å². The molecular weight excluding hydrogens is 260 g/mol. The fraction of sp³-hybridized carbons (Fsp3) is 0.143. The predicted molar refractivity (Wildman–Crippen MR) is 75.1 cm³/mol. The van der Waals surface area contributed by atoms with Gasteiger partial charge < -0.3 is 15.2 Å². The van der Waals surface area contributed by atoms with Crippen molar-refractivity contribution in [2.45, 2.75) is 6.54 Å². The first-order valence-corrected chi connectivity index (χ1v) is 5.95. The first-order valence-electron chi connectivity index (χ1n) is 5.95. The van der Waals surface area contributed by atoms with E-state index in [1.54, 1.807) is 24.3 Å². The summed E-state index contributed by atoms with van der Waals surface area (Å²) in [4.78, 5) is 10.2. The van der Waals surface area contributed by atoms with Crippen LogP contribution in [0.25, 0.3) is 0 Å². The highest BCUT2D eigenvalue weighted by atomic mass is 16.6. The van der Waals surface area contributed by atoms with Gasteiger partial charge in [-0.1, -0.05) is 18.2 Å². The Kier molecular flexibility index (Phi) is 4.05. The van der Waals surface area contributed by atoms with Crippen LogP contribution in [0.2, 0.25) is 0 Å². The van der Waals surface area contributed by atoms with Crippen LogP contribution < -0.4 is 10.1 Å². The van der Waals surface area contributed by atoms with Crippen molar-refractivity contribution in [3.05, 3.63) is 58.1 Å². The van der Waals surface area contributed by atoms with Crippen LogP contribution in [0.1, 0.15) is 5.56 Å². The number of methoxy groups -OCH3 is 1. The van der Waals surface area contributed by atoms with E-state index in [9.17, 15) is 15.2 Å². The minimum Gasteiger partial charge on any atom is -0.508 e. The summed E-state index contributed by atoms with van der Waals surface area (Å²) in [6.45, 7) is 0.390. The zero-order valence-electron chi connectivity index (χ0n) is 10.9. The molecule has 20 heavy (non-hydrogen) atoms. The maximum absolute atomic E-state index is 10.7. The van der Waals surface area contributed by atoms with Crippen LogP contribution in [0.4, 0.5) is 11.4 Å². The molecule has 0 aromatic heterocycles. The predicted octanol–water partition coefficient (Wildman–Crippen LogP) is 2.92. The molecule has 0 amide bonds. The van der Waals surface area contributed by atoms with Gasteiger partial charge in [0.1, 0.15) is 11.5 Å². The molecule has 2 aromatic carbocycles. The number of non-ortho nitro benzene ring substituents is 1. The molecule has 0 spiro atoms. The summed E-state index contributed by atoms with van der Waals surface area (Å²) in [5.74, 6) is 0.579. The van der Waals surface area contributed by atoms with Gasteiger partial charge in [0.25, 0.3) is 5.69 Å². The smallest absolute Gasteiger partial charge is 0.273 e. The number of hydrogen-bond acceptors (Lipinski definition) is 5. The molecule has 0 atom stereocenters. The van der Waals surface area contributed by atoms with Gasteiger partial charge in [0.2, 0.25) is 0 Å². The van der Waals surface area contributed by atoms with Crippen molar-refractivity contribution in [1.29, 1.82) is 0 Å². The lowest BCUT2D eigenvalue weighted by Crippen LogP contribution is -2.02. The molecule has 0 heterocycles. The molecule has 0 aliphatic rings. The number of ether oxygens (including phenoxy) is 1. The van der Waals surface area contributed by atoms with Crippen LogP contribution >= 0.6 is 0 Å². The zero-order valence-corrected chi connectivity index (χ0v) is 10.9. The molecule has 6 heteroatoms. The van der Waals surface area contributed by atoms with Gasteiger partial charge in [0.05, 0.1) is 23.8 Å². The number of nitrogens with one attached hydrogen (secondary N) is 1.